The largest absolute Gasteiger partial charge is 0.481 e. The highest BCUT2D eigenvalue weighted by Crippen LogP contribution is 2.19. The van der Waals surface area contributed by atoms with E-state index in [1.165, 1.54) is 37.3 Å². The van der Waals surface area contributed by atoms with Crippen molar-refractivity contribution in [2.75, 3.05) is 11.9 Å². The van der Waals surface area contributed by atoms with E-state index in [1.807, 2.05) is 6.92 Å². The number of halogens is 2. The van der Waals surface area contributed by atoms with Crippen LogP contribution in [-0.2, 0) is 9.53 Å². The molecule has 144 valence electrons. The number of esters is 1. The monoisotopic (exact) mass is 377 g/mol. The Morgan fingerprint density at radius 1 is 1.07 bits per heavy atom. The highest BCUT2D eigenvalue weighted by Gasteiger charge is 2.19. The molecule has 0 aliphatic carbocycles. The summed E-state index contributed by atoms with van der Waals surface area (Å²) in [6, 6.07) is 9.36. The predicted octanol–water partition coefficient (Wildman–Crippen LogP) is 4.33. The summed E-state index contributed by atoms with van der Waals surface area (Å²) in [5.41, 5.74) is -0.160. The van der Waals surface area contributed by atoms with Crippen molar-refractivity contribution < 1.29 is 27.8 Å². The third-order valence-corrected chi connectivity index (χ3v) is 3.71. The Hall–Kier alpha value is -2.96. The predicted molar refractivity (Wildman–Crippen MR) is 96.7 cm³/mol. The van der Waals surface area contributed by atoms with Crippen LogP contribution in [0.1, 0.15) is 37.0 Å². The molecule has 0 bridgehead atoms. The van der Waals surface area contributed by atoms with E-state index in [2.05, 4.69) is 5.32 Å². The first kappa shape index (κ1) is 20.4. The lowest BCUT2D eigenvalue weighted by atomic mass is 10.2. The molecule has 0 fully saturated rings. The maximum Gasteiger partial charge on any atom is 0.338 e. The van der Waals surface area contributed by atoms with E-state index in [0.717, 1.165) is 25.0 Å². The van der Waals surface area contributed by atoms with Crippen LogP contribution in [0.2, 0.25) is 0 Å². The number of rotatable bonds is 8. The Kier molecular flexibility index (Phi) is 7.28. The minimum absolute atomic E-state index is 0.330. The van der Waals surface area contributed by atoms with Crippen LogP contribution in [0.3, 0.4) is 0 Å². The van der Waals surface area contributed by atoms with Gasteiger partial charge >= 0.3 is 5.97 Å². The summed E-state index contributed by atoms with van der Waals surface area (Å²) in [5, 5.41) is 2.17. The smallest absolute Gasteiger partial charge is 0.338 e. The van der Waals surface area contributed by atoms with Crippen molar-refractivity contribution in [2.24, 2.45) is 0 Å². The molecule has 0 aromatic heterocycles. The van der Waals surface area contributed by atoms with Crippen LogP contribution in [-0.4, -0.2) is 24.6 Å². The molecule has 0 radical (unpaired) electrons. The summed E-state index contributed by atoms with van der Waals surface area (Å²) in [7, 11) is 0. The molecule has 27 heavy (non-hydrogen) atoms. The lowest BCUT2D eigenvalue weighted by Gasteiger charge is -2.15. The summed E-state index contributed by atoms with van der Waals surface area (Å²) in [6.07, 6.45) is 0.713. The maximum atomic E-state index is 13.6. The molecule has 1 atom stereocenters. The number of ether oxygens (including phenoxy) is 2. The first-order valence-electron chi connectivity index (χ1n) is 8.61. The fourth-order valence-corrected chi connectivity index (χ4v) is 2.16. The summed E-state index contributed by atoms with van der Waals surface area (Å²) in [5.74, 6) is -2.56. The third-order valence-electron chi connectivity index (χ3n) is 3.71. The highest BCUT2D eigenvalue weighted by atomic mass is 19.1. The Balaban J connectivity index is 1.94. The van der Waals surface area contributed by atoms with Crippen LogP contribution in [0.25, 0.3) is 0 Å². The van der Waals surface area contributed by atoms with Gasteiger partial charge in [-0.3, -0.25) is 4.79 Å². The van der Waals surface area contributed by atoms with Gasteiger partial charge in [-0.05, 0) is 49.7 Å². The number of nitrogens with one attached hydrogen (secondary N) is 1. The molecule has 1 N–H and O–H groups in total. The Labute approximate surface area is 156 Å². The summed E-state index contributed by atoms with van der Waals surface area (Å²) < 4.78 is 37.7. The van der Waals surface area contributed by atoms with E-state index in [1.54, 1.807) is 0 Å². The number of para-hydroxylation sites is 1. The second-order valence-corrected chi connectivity index (χ2v) is 5.86. The molecule has 0 saturated carbocycles. The standard InChI is InChI=1S/C20H21F2NO4/c1-3-4-12-26-20(25)14-8-10-15(11-9-14)27-13(2)19(24)23-18-16(21)6-5-7-17(18)22/h5-11,13H,3-4,12H2,1-2H3,(H,23,24)/t13-/m1/s1. The van der Waals surface area contributed by atoms with Gasteiger partial charge in [-0.15, -0.1) is 0 Å². The van der Waals surface area contributed by atoms with Gasteiger partial charge in [0.05, 0.1) is 12.2 Å². The fourth-order valence-electron chi connectivity index (χ4n) is 2.16. The zero-order valence-electron chi connectivity index (χ0n) is 15.1. The topological polar surface area (TPSA) is 64.6 Å². The van der Waals surface area contributed by atoms with E-state index in [0.29, 0.717) is 17.9 Å². The van der Waals surface area contributed by atoms with Crippen molar-refractivity contribution in [3.63, 3.8) is 0 Å². The molecule has 0 aliphatic heterocycles. The molecule has 2 aromatic rings. The molecule has 0 aliphatic rings. The Morgan fingerprint density at radius 3 is 2.30 bits per heavy atom. The van der Waals surface area contributed by atoms with Crippen molar-refractivity contribution in [3.8, 4) is 5.75 Å². The van der Waals surface area contributed by atoms with E-state index in [-0.39, 0.29) is 0 Å². The molecular formula is C20H21F2NO4. The molecule has 1 amide bonds. The van der Waals surface area contributed by atoms with E-state index >= 15 is 0 Å². The average molecular weight is 377 g/mol. The molecule has 0 heterocycles. The number of carbonyl (C=O) groups is 2. The number of carbonyl (C=O) groups excluding carboxylic acids is 2. The zero-order valence-corrected chi connectivity index (χ0v) is 15.1. The first-order chi connectivity index (χ1) is 12.9. The SMILES string of the molecule is CCCCOC(=O)c1ccc(O[C@H](C)C(=O)Nc2c(F)cccc2F)cc1. The number of benzene rings is 2. The van der Waals surface area contributed by atoms with Crippen LogP contribution in [0.15, 0.2) is 42.5 Å². The van der Waals surface area contributed by atoms with Crippen molar-refractivity contribution in [1.82, 2.24) is 0 Å². The molecule has 5 nitrogen and oxygen atoms in total. The van der Waals surface area contributed by atoms with Crippen LogP contribution in [0, 0.1) is 11.6 Å². The normalized spacial score (nSPS) is 11.6. The summed E-state index contributed by atoms with van der Waals surface area (Å²) in [6.45, 7) is 3.80. The van der Waals surface area contributed by atoms with Gasteiger partial charge in [-0.25, -0.2) is 13.6 Å². The van der Waals surface area contributed by atoms with Gasteiger partial charge < -0.3 is 14.8 Å². The minimum atomic E-state index is -1.01. The van der Waals surface area contributed by atoms with Gasteiger partial charge in [0.15, 0.2) is 6.10 Å². The van der Waals surface area contributed by atoms with E-state index < -0.39 is 35.3 Å². The molecule has 2 rings (SSSR count). The lowest BCUT2D eigenvalue weighted by molar-refractivity contribution is -0.122. The molecule has 0 unspecified atom stereocenters. The second-order valence-electron chi connectivity index (χ2n) is 5.86. The van der Waals surface area contributed by atoms with Crippen LogP contribution >= 0.6 is 0 Å². The van der Waals surface area contributed by atoms with Gasteiger partial charge in [0.25, 0.3) is 5.91 Å². The van der Waals surface area contributed by atoms with Gasteiger partial charge in [0.2, 0.25) is 0 Å². The van der Waals surface area contributed by atoms with Gasteiger partial charge in [-0.2, -0.15) is 0 Å². The number of hydrogen-bond acceptors (Lipinski definition) is 4. The van der Waals surface area contributed by atoms with Crippen molar-refractivity contribution in [2.45, 2.75) is 32.8 Å². The van der Waals surface area contributed by atoms with Crippen LogP contribution in [0.5, 0.6) is 5.75 Å². The maximum absolute atomic E-state index is 13.6. The van der Waals surface area contributed by atoms with Gasteiger partial charge in [0.1, 0.15) is 23.1 Å². The third kappa shape index (κ3) is 5.77. The van der Waals surface area contributed by atoms with E-state index in [9.17, 15) is 18.4 Å². The summed E-state index contributed by atoms with van der Waals surface area (Å²) in [4.78, 5) is 23.9. The zero-order chi connectivity index (χ0) is 19.8. The number of amides is 1. The molecule has 0 saturated heterocycles. The molecule has 0 spiro atoms. The van der Waals surface area contributed by atoms with E-state index in [4.69, 9.17) is 9.47 Å². The summed E-state index contributed by atoms with van der Waals surface area (Å²) >= 11 is 0. The second kappa shape index (κ2) is 9.66. The Morgan fingerprint density at radius 2 is 1.70 bits per heavy atom. The van der Waals surface area contributed by atoms with Gasteiger partial charge in [-0.1, -0.05) is 19.4 Å². The number of unbranched alkanes of at least 4 members (excludes halogenated alkanes) is 1. The van der Waals surface area contributed by atoms with Crippen molar-refractivity contribution in [1.29, 1.82) is 0 Å². The lowest BCUT2D eigenvalue weighted by Crippen LogP contribution is -2.30. The minimum Gasteiger partial charge on any atom is -0.481 e. The van der Waals surface area contributed by atoms with Crippen molar-refractivity contribution >= 4 is 17.6 Å². The Bertz CT molecular complexity index is 773. The van der Waals surface area contributed by atoms with Crippen LogP contribution < -0.4 is 10.1 Å². The average Bonchev–Trinajstić information content (AvgIpc) is 2.65. The van der Waals surface area contributed by atoms with Crippen LogP contribution in [0.4, 0.5) is 14.5 Å². The molecule has 2 aromatic carbocycles. The fraction of sp³-hybridized carbons (Fsp3) is 0.300. The molecular weight excluding hydrogens is 356 g/mol. The van der Waals surface area contributed by atoms with Crippen molar-refractivity contribution in [3.05, 3.63) is 59.7 Å². The first-order valence-corrected chi connectivity index (χ1v) is 8.61. The quantitative estimate of drug-likeness (QED) is 0.549. The highest BCUT2D eigenvalue weighted by molar-refractivity contribution is 5.94. The molecule has 7 heteroatoms. The van der Waals surface area contributed by atoms with Gasteiger partial charge in [0, 0.05) is 0 Å². The number of anilines is 1. The number of hydrogen-bond donors (Lipinski definition) is 1.